The van der Waals surface area contributed by atoms with Gasteiger partial charge in [-0.05, 0) is 89.5 Å². The van der Waals surface area contributed by atoms with Crippen molar-refractivity contribution >= 4 is 161 Å². The number of furan rings is 1. The standard InChI is InChI=1S/C48H22B8O/c49-40-36-34(25-15-13-24(14-16-25)30-10-6-11-32-31-9-4-5-12-33(31)57-48(30)32)37-39(43(52)47(56)45(54)41(37)50)35(38(36)42(51)46(55)44(40)53)29-20-19-27-21-26(17-18-28(27)22-29)23-7-2-1-3-8-23/h1-22H. The molecular formula is C48H22B8O. The molecule has 9 aromatic carbocycles. The average Bonchev–Trinajstić information content (AvgIpc) is 3.64. The largest absolute Gasteiger partial charge is 0.455 e. The summed E-state index contributed by atoms with van der Waals surface area (Å²) in [7, 11) is 54.5. The monoisotopic (exact) mass is 702 g/mol. The molecule has 0 atom stereocenters. The minimum Gasteiger partial charge on any atom is -0.455 e. The average molecular weight is 701 g/mol. The van der Waals surface area contributed by atoms with Crippen molar-refractivity contribution in [3.05, 3.63) is 133 Å². The number of hydrogen-bond acceptors (Lipinski definition) is 1. The van der Waals surface area contributed by atoms with Crippen LogP contribution in [0.25, 0.3) is 98.8 Å². The summed E-state index contributed by atoms with van der Waals surface area (Å²) in [6.45, 7) is 0. The van der Waals surface area contributed by atoms with Gasteiger partial charge in [0.15, 0.2) is 0 Å². The predicted molar refractivity (Wildman–Crippen MR) is 251 cm³/mol. The van der Waals surface area contributed by atoms with Crippen LogP contribution in [-0.4, -0.2) is 62.8 Å². The number of rotatable bonds is 4. The Balaban J connectivity index is 1.26. The van der Waals surface area contributed by atoms with E-state index in [1.165, 1.54) is 0 Å². The van der Waals surface area contributed by atoms with Crippen molar-refractivity contribution in [2.75, 3.05) is 0 Å². The van der Waals surface area contributed by atoms with E-state index in [-0.39, 0.29) is 43.7 Å². The summed E-state index contributed by atoms with van der Waals surface area (Å²) in [6.07, 6.45) is 0. The highest BCUT2D eigenvalue weighted by atomic mass is 16.3. The highest BCUT2D eigenvalue weighted by Crippen LogP contribution is 2.43. The molecular weight excluding hydrogens is 679 g/mol. The van der Waals surface area contributed by atoms with E-state index in [4.69, 9.17) is 67.2 Å². The Labute approximate surface area is 341 Å². The van der Waals surface area contributed by atoms with Crippen molar-refractivity contribution in [3.63, 3.8) is 0 Å². The van der Waals surface area contributed by atoms with Gasteiger partial charge in [-0.15, -0.1) is 21.9 Å². The van der Waals surface area contributed by atoms with Crippen LogP contribution in [0.5, 0.6) is 0 Å². The van der Waals surface area contributed by atoms with E-state index in [0.29, 0.717) is 32.7 Å². The van der Waals surface area contributed by atoms with Gasteiger partial charge in [0.1, 0.15) is 73.9 Å². The maximum absolute atomic E-state index is 7.00. The van der Waals surface area contributed by atoms with Gasteiger partial charge < -0.3 is 4.42 Å². The van der Waals surface area contributed by atoms with Crippen LogP contribution in [0.3, 0.4) is 0 Å². The first-order valence-corrected chi connectivity index (χ1v) is 18.5. The Bertz CT molecular complexity index is 3240. The summed E-state index contributed by atoms with van der Waals surface area (Å²) in [4.78, 5) is 0. The smallest absolute Gasteiger partial charge is 0.143 e. The molecule has 0 aliphatic rings. The molecule has 0 saturated carbocycles. The fraction of sp³-hybridized carbons (Fsp3) is 0. The summed E-state index contributed by atoms with van der Waals surface area (Å²) >= 11 is 0. The maximum atomic E-state index is 7.00. The molecule has 10 aromatic rings. The highest BCUT2D eigenvalue weighted by Gasteiger charge is 2.25. The van der Waals surface area contributed by atoms with Crippen molar-refractivity contribution in [1.29, 1.82) is 0 Å². The Morgan fingerprint density at radius 3 is 1.37 bits per heavy atom. The van der Waals surface area contributed by atoms with Gasteiger partial charge in [0, 0.05) is 16.3 Å². The van der Waals surface area contributed by atoms with Gasteiger partial charge in [0.25, 0.3) is 0 Å². The minimum absolute atomic E-state index is 0.168. The second kappa shape index (κ2) is 13.3. The molecule has 0 aliphatic carbocycles. The lowest BCUT2D eigenvalue weighted by molar-refractivity contribution is 0.670. The first-order valence-electron chi connectivity index (χ1n) is 18.5. The molecule has 0 unspecified atom stereocenters. The molecule has 0 bridgehead atoms. The molecule has 1 nitrogen and oxygen atoms in total. The zero-order valence-electron chi connectivity index (χ0n) is 30.7. The zero-order valence-corrected chi connectivity index (χ0v) is 30.7. The normalized spacial score (nSPS) is 11.7. The third-order valence-electron chi connectivity index (χ3n) is 11.4. The molecule has 57 heavy (non-hydrogen) atoms. The molecule has 10 rings (SSSR count). The Hall–Kier alpha value is -5.92. The molecule has 0 spiro atoms. The SMILES string of the molecule is [B]c1c([B])c([B])c2c(-c3ccc4cc(-c5ccccc5)ccc4c3)c3c([B])c([B])c([B])c([B])c3c(-c3ccc(-c4cccc5c4oc4ccccc45)cc3)c2c1[B]. The fourth-order valence-corrected chi connectivity index (χ4v) is 8.53. The van der Waals surface area contributed by atoms with Gasteiger partial charge in [0.2, 0.25) is 0 Å². The van der Waals surface area contributed by atoms with Gasteiger partial charge in [-0.2, -0.15) is 0 Å². The van der Waals surface area contributed by atoms with Crippen LogP contribution in [-0.2, 0) is 0 Å². The van der Waals surface area contributed by atoms with Gasteiger partial charge in [-0.1, -0.05) is 137 Å². The molecule has 0 saturated heterocycles. The molecule has 0 aliphatic heterocycles. The van der Waals surface area contributed by atoms with E-state index < -0.39 is 0 Å². The number of benzene rings is 9. The molecule has 1 heterocycles. The van der Waals surface area contributed by atoms with Gasteiger partial charge >= 0.3 is 0 Å². The maximum Gasteiger partial charge on any atom is 0.143 e. The molecule has 244 valence electrons. The number of fused-ring (bicyclic) bond motifs is 6. The van der Waals surface area contributed by atoms with E-state index in [0.717, 1.165) is 66.1 Å². The van der Waals surface area contributed by atoms with Gasteiger partial charge in [-0.25, -0.2) is 0 Å². The second-order valence-corrected chi connectivity index (χ2v) is 14.6. The first kappa shape index (κ1) is 35.5. The van der Waals surface area contributed by atoms with Crippen molar-refractivity contribution < 1.29 is 4.42 Å². The lowest BCUT2D eigenvalue weighted by Crippen LogP contribution is -2.50. The second-order valence-electron chi connectivity index (χ2n) is 14.6. The minimum atomic E-state index is 0.168. The molecule has 16 radical (unpaired) electrons. The zero-order chi connectivity index (χ0) is 39.3. The summed E-state index contributed by atoms with van der Waals surface area (Å²) in [5, 5.41) is 6.45. The third-order valence-corrected chi connectivity index (χ3v) is 11.4. The topological polar surface area (TPSA) is 13.1 Å². The van der Waals surface area contributed by atoms with Gasteiger partial charge in [-0.3, -0.25) is 0 Å². The first-order chi connectivity index (χ1) is 27.6. The van der Waals surface area contributed by atoms with Crippen LogP contribution in [0.2, 0.25) is 0 Å². The summed E-state index contributed by atoms with van der Waals surface area (Å²) in [5.74, 6) is 0. The van der Waals surface area contributed by atoms with Crippen molar-refractivity contribution in [2.45, 2.75) is 0 Å². The number of para-hydroxylation sites is 2. The van der Waals surface area contributed by atoms with E-state index in [2.05, 4.69) is 60.7 Å². The molecule has 1 aromatic heterocycles. The lowest BCUT2D eigenvalue weighted by Gasteiger charge is -2.28. The number of hydrogen-bond donors (Lipinski definition) is 0. The third kappa shape index (κ3) is 5.35. The van der Waals surface area contributed by atoms with Crippen LogP contribution in [0.4, 0.5) is 0 Å². The molecule has 9 heteroatoms. The Kier molecular flexibility index (Phi) is 8.31. The van der Waals surface area contributed by atoms with Crippen LogP contribution >= 0.6 is 0 Å². The summed E-state index contributed by atoms with van der Waals surface area (Å²) in [5.41, 5.74) is 10.4. The quantitative estimate of drug-likeness (QED) is 0.200. The van der Waals surface area contributed by atoms with E-state index in [1.54, 1.807) is 0 Å². The van der Waals surface area contributed by atoms with Crippen molar-refractivity contribution in [3.8, 4) is 44.5 Å². The van der Waals surface area contributed by atoms with Crippen LogP contribution in [0.15, 0.2) is 138 Å². The van der Waals surface area contributed by atoms with Crippen molar-refractivity contribution in [1.82, 2.24) is 0 Å². The Morgan fingerprint density at radius 2 is 0.772 bits per heavy atom. The van der Waals surface area contributed by atoms with E-state index >= 15 is 0 Å². The summed E-state index contributed by atoms with van der Waals surface area (Å²) < 4.78 is 6.37. The molecule has 0 amide bonds. The molecule has 0 fully saturated rings. The Morgan fingerprint density at radius 1 is 0.316 bits per heavy atom. The van der Waals surface area contributed by atoms with Gasteiger partial charge in [0.05, 0.1) is 0 Å². The molecule has 0 N–H and O–H groups in total. The van der Waals surface area contributed by atoms with Crippen LogP contribution < -0.4 is 43.7 Å². The van der Waals surface area contributed by atoms with Crippen LogP contribution in [0, 0.1) is 0 Å². The predicted octanol–water partition coefficient (Wildman–Crippen LogP) is 4.06. The summed E-state index contributed by atoms with van der Waals surface area (Å²) in [6, 6.07) is 45.1. The van der Waals surface area contributed by atoms with Crippen molar-refractivity contribution in [2.24, 2.45) is 0 Å². The van der Waals surface area contributed by atoms with Crippen LogP contribution in [0.1, 0.15) is 0 Å². The lowest BCUT2D eigenvalue weighted by atomic mass is 9.59. The fourth-order valence-electron chi connectivity index (χ4n) is 8.53. The highest BCUT2D eigenvalue weighted by molar-refractivity contribution is 6.71. The van der Waals surface area contributed by atoms with E-state index in [1.807, 2.05) is 72.8 Å². The van der Waals surface area contributed by atoms with E-state index in [9.17, 15) is 0 Å².